The Morgan fingerprint density at radius 1 is 1.80 bits per heavy atom. The molecule has 0 aliphatic rings. The molecule has 50 valence electrons. The number of nitrogens with one attached hydrogen (secondary N) is 1. The summed E-state index contributed by atoms with van der Waals surface area (Å²) in [6.07, 6.45) is 1.38. The third-order valence-corrected chi connectivity index (χ3v) is 0.804. The number of nitrogens with zero attached hydrogens (tertiary/aromatic N) is 1. The first kappa shape index (κ1) is 9.56. The molecule has 6 heteroatoms. The van der Waals surface area contributed by atoms with E-state index >= 15 is 0 Å². The average molecular weight is 240 g/mol. The van der Waals surface area contributed by atoms with Crippen molar-refractivity contribution in [2.45, 2.75) is 0 Å². The van der Waals surface area contributed by atoms with Crippen LogP contribution in [0.2, 0.25) is 0 Å². The van der Waals surface area contributed by atoms with Crippen LogP contribution in [0.15, 0.2) is 12.3 Å². The van der Waals surface area contributed by atoms with Gasteiger partial charge in [-0.1, -0.05) is 0 Å². The molecule has 0 saturated heterocycles. The summed E-state index contributed by atoms with van der Waals surface area (Å²) in [5.41, 5.74) is 0.123. The minimum absolute atomic E-state index is 0. The Morgan fingerprint density at radius 2 is 2.50 bits per heavy atom. The van der Waals surface area contributed by atoms with Gasteiger partial charge in [0.15, 0.2) is 0 Å². The Balaban J connectivity index is 0.000000810. The molecule has 0 aliphatic carbocycles. The third-order valence-electron chi connectivity index (χ3n) is 0.804. The van der Waals surface area contributed by atoms with Gasteiger partial charge in [-0.05, 0) is 6.07 Å². The van der Waals surface area contributed by atoms with Gasteiger partial charge in [-0.15, -0.1) is 0 Å². The van der Waals surface area contributed by atoms with Gasteiger partial charge in [0.05, 0.1) is 0 Å². The van der Waals surface area contributed by atoms with Gasteiger partial charge in [0, 0.05) is 33.5 Å². The first-order valence-corrected chi connectivity index (χ1v) is 2.19. The summed E-state index contributed by atoms with van der Waals surface area (Å²) < 4.78 is 0. The molecule has 0 unspecified atom stereocenters. The summed E-state index contributed by atoms with van der Waals surface area (Å²) in [5, 5.41) is 13.6. The van der Waals surface area contributed by atoms with Gasteiger partial charge in [-0.25, -0.2) is 4.79 Å². The zero-order chi connectivity index (χ0) is 6.69. The molecule has 0 aliphatic heterocycles. The van der Waals surface area contributed by atoms with Crippen molar-refractivity contribution >= 4 is 5.97 Å². The fourth-order valence-electron chi connectivity index (χ4n) is 0.419. The number of hydrogen-bond acceptors (Lipinski definition) is 4. The van der Waals surface area contributed by atoms with E-state index in [-0.39, 0.29) is 33.0 Å². The number of rotatable bonds is 1. The number of aromatic amines is 1. The van der Waals surface area contributed by atoms with Crippen LogP contribution in [0.3, 0.4) is 0 Å². The van der Waals surface area contributed by atoms with Gasteiger partial charge < -0.3 is 0 Å². The van der Waals surface area contributed by atoms with Crippen molar-refractivity contribution in [3.05, 3.63) is 18.0 Å². The van der Waals surface area contributed by atoms with Gasteiger partial charge in [-0.2, -0.15) is 10.4 Å². The van der Waals surface area contributed by atoms with Crippen molar-refractivity contribution in [2.24, 2.45) is 0 Å². The molecule has 0 saturated carbocycles. The maximum atomic E-state index is 10.3. The van der Waals surface area contributed by atoms with Gasteiger partial charge in [0.25, 0.3) is 0 Å². The molecule has 2 N–H and O–H groups in total. The average Bonchev–Trinajstić information content (AvgIpc) is 2.37. The molecule has 1 aromatic rings. The van der Waals surface area contributed by atoms with Crippen molar-refractivity contribution in [3.63, 3.8) is 0 Å². The van der Waals surface area contributed by atoms with Crippen molar-refractivity contribution in [1.29, 1.82) is 0 Å². The summed E-state index contributed by atoms with van der Waals surface area (Å²) in [5.74, 6) is -0.840. The second kappa shape index (κ2) is 4.39. The molecule has 1 rings (SSSR count). The van der Waals surface area contributed by atoms with E-state index in [0.717, 1.165) is 0 Å². The van der Waals surface area contributed by atoms with Gasteiger partial charge in [0.1, 0.15) is 5.69 Å². The van der Waals surface area contributed by atoms with Crippen LogP contribution in [0.1, 0.15) is 10.5 Å². The SMILES string of the molecule is O=C(OO)c1ccn[nH]1.[Cd]. The van der Waals surface area contributed by atoms with E-state index in [4.69, 9.17) is 5.26 Å². The van der Waals surface area contributed by atoms with E-state index in [1.54, 1.807) is 0 Å². The van der Waals surface area contributed by atoms with Crippen LogP contribution < -0.4 is 0 Å². The molecule has 0 spiro atoms. The maximum Gasteiger partial charge on any atom is 0.390 e. The molecule has 0 atom stereocenters. The van der Waals surface area contributed by atoms with Gasteiger partial charge >= 0.3 is 5.97 Å². The first-order chi connectivity index (χ1) is 4.34. The summed E-state index contributed by atoms with van der Waals surface area (Å²) in [6, 6.07) is 1.39. The number of hydrogen-bond donors (Lipinski definition) is 2. The number of carbonyl (C=O) groups excluding carboxylic acids is 1. The topological polar surface area (TPSA) is 75.2 Å². The standard InChI is InChI=1S/C4H4N2O3.Cd/c7-4(9-8)3-1-2-5-6-3;/h1-2,8H,(H,5,6);. The molecule has 10 heavy (non-hydrogen) atoms. The largest absolute Gasteiger partial charge is 0.390 e. The van der Waals surface area contributed by atoms with Crippen LogP contribution in [0, 0.1) is 0 Å². The number of carbonyl (C=O) groups is 1. The number of aromatic nitrogens is 2. The van der Waals surface area contributed by atoms with Crippen molar-refractivity contribution in [3.8, 4) is 0 Å². The smallest absolute Gasteiger partial charge is 0.294 e. The molecule has 0 amide bonds. The Morgan fingerprint density at radius 3 is 2.90 bits per heavy atom. The van der Waals surface area contributed by atoms with E-state index in [0.29, 0.717) is 0 Å². The summed E-state index contributed by atoms with van der Waals surface area (Å²) >= 11 is 0. The molecule has 5 nitrogen and oxygen atoms in total. The quantitative estimate of drug-likeness (QED) is 0.413. The predicted octanol–water partition coefficient (Wildman–Crippen LogP) is 0.0370. The van der Waals surface area contributed by atoms with E-state index < -0.39 is 5.97 Å². The number of H-pyrrole nitrogens is 1. The van der Waals surface area contributed by atoms with E-state index in [1.165, 1.54) is 12.3 Å². The first-order valence-electron chi connectivity index (χ1n) is 2.19. The van der Waals surface area contributed by atoms with E-state index in [9.17, 15) is 4.79 Å². The fourth-order valence-corrected chi connectivity index (χ4v) is 0.419. The molecule has 0 fully saturated rings. The zero-order valence-electron chi connectivity index (χ0n) is 5.07. The molecule has 0 bridgehead atoms. The summed E-state index contributed by atoms with van der Waals surface area (Å²) in [7, 11) is 0. The summed E-state index contributed by atoms with van der Waals surface area (Å²) in [6.45, 7) is 0. The van der Waals surface area contributed by atoms with Crippen molar-refractivity contribution < 1.29 is 42.2 Å². The van der Waals surface area contributed by atoms with Gasteiger partial charge in [0.2, 0.25) is 0 Å². The Hall–Kier alpha value is -0.438. The fraction of sp³-hybridized carbons (Fsp3) is 0. The van der Waals surface area contributed by atoms with Crippen molar-refractivity contribution in [1.82, 2.24) is 10.2 Å². The monoisotopic (exact) mass is 242 g/mol. The Labute approximate surface area is 76.5 Å². The summed E-state index contributed by atoms with van der Waals surface area (Å²) in [4.78, 5) is 13.7. The maximum absolute atomic E-state index is 10.3. The van der Waals surface area contributed by atoms with E-state index in [1.807, 2.05) is 0 Å². The zero-order valence-corrected chi connectivity index (χ0v) is 9.11. The third kappa shape index (κ3) is 2.06. The van der Waals surface area contributed by atoms with Crippen LogP contribution >= 0.6 is 0 Å². The second-order valence-electron chi connectivity index (χ2n) is 1.35. The molecular weight excluding hydrogens is 236 g/mol. The van der Waals surface area contributed by atoms with Crippen LogP contribution in [-0.2, 0) is 32.2 Å². The molecule has 0 aromatic carbocycles. The van der Waals surface area contributed by atoms with Crippen LogP contribution in [0.4, 0.5) is 0 Å². The molecule has 1 heterocycles. The minimum Gasteiger partial charge on any atom is -0.294 e. The van der Waals surface area contributed by atoms with Crippen LogP contribution in [0.25, 0.3) is 0 Å². The normalized spacial score (nSPS) is 8.10. The van der Waals surface area contributed by atoms with E-state index in [2.05, 4.69) is 15.1 Å². The van der Waals surface area contributed by atoms with Crippen LogP contribution in [0.5, 0.6) is 0 Å². The van der Waals surface area contributed by atoms with Crippen molar-refractivity contribution in [2.75, 3.05) is 0 Å². The van der Waals surface area contributed by atoms with Crippen LogP contribution in [-0.4, -0.2) is 21.4 Å². The van der Waals surface area contributed by atoms with Gasteiger partial charge in [-0.3, -0.25) is 9.99 Å². The molecule has 0 radical (unpaired) electrons. The second-order valence-corrected chi connectivity index (χ2v) is 1.35. The predicted molar refractivity (Wildman–Crippen MR) is 26.6 cm³/mol. The Kier molecular flexibility index (Phi) is 4.20. The Bertz CT molecular complexity index is 198. The molecule has 1 aromatic heterocycles. The molecular formula is C4H4CdN2O3. The minimum atomic E-state index is -0.840.